The van der Waals surface area contributed by atoms with E-state index in [1.807, 2.05) is 31.2 Å². The van der Waals surface area contributed by atoms with Crippen LogP contribution in [0.5, 0.6) is 5.88 Å². The van der Waals surface area contributed by atoms with Crippen LogP contribution in [0.15, 0.2) is 32.6 Å². The molecule has 2 rings (SSSR count). The highest BCUT2D eigenvalue weighted by molar-refractivity contribution is 9.10. The molecule has 22 heavy (non-hydrogen) atoms. The highest BCUT2D eigenvalue weighted by atomic mass is 79.9. The number of nitrogens with zero attached hydrogens (tertiary/aromatic N) is 2. The van der Waals surface area contributed by atoms with Crippen LogP contribution >= 0.6 is 15.9 Å². The molecule has 112 valence electrons. The van der Waals surface area contributed by atoms with E-state index in [-0.39, 0.29) is 11.4 Å². The van der Waals surface area contributed by atoms with Crippen LogP contribution in [0.25, 0.3) is 0 Å². The fourth-order valence-electron chi connectivity index (χ4n) is 1.93. The van der Waals surface area contributed by atoms with Crippen LogP contribution in [0.2, 0.25) is 0 Å². The van der Waals surface area contributed by atoms with Gasteiger partial charge in [0.2, 0.25) is 5.88 Å². The number of hydrazone groups is 1. The smallest absolute Gasteiger partial charge is 0.268 e. The highest BCUT2D eigenvalue weighted by Crippen LogP contribution is 2.20. The van der Waals surface area contributed by atoms with Gasteiger partial charge >= 0.3 is 0 Å². The van der Waals surface area contributed by atoms with Gasteiger partial charge in [0.25, 0.3) is 5.56 Å². The van der Waals surface area contributed by atoms with E-state index in [1.54, 1.807) is 6.92 Å². The van der Waals surface area contributed by atoms with E-state index in [0.29, 0.717) is 11.1 Å². The molecule has 0 spiro atoms. The number of nitriles is 1. The Morgan fingerprint density at radius 2 is 2.18 bits per heavy atom. The van der Waals surface area contributed by atoms with Gasteiger partial charge in [0.15, 0.2) is 0 Å². The average molecular weight is 361 g/mol. The number of aromatic amines is 1. The van der Waals surface area contributed by atoms with Crippen molar-refractivity contribution in [3.63, 3.8) is 0 Å². The maximum Gasteiger partial charge on any atom is 0.268 e. The van der Waals surface area contributed by atoms with Gasteiger partial charge in [-0.1, -0.05) is 15.9 Å². The first kappa shape index (κ1) is 15.8. The molecule has 0 unspecified atom stereocenters. The predicted molar refractivity (Wildman–Crippen MR) is 88.3 cm³/mol. The van der Waals surface area contributed by atoms with E-state index in [2.05, 4.69) is 31.4 Å². The minimum absolute atomic E-state index is 0.0425. The van der Waals surface area contributed by atoms with Crippen molar-refractivity contribution in [1.82, 2.24) is 4.98 Å². The Hall–Kier alpha value is -2.59. The fourth-order valence-corrected chi connectivity index (χ4v) is 2.41. The molecule has 0 aliphatic rings. The number of anilines is 1. The van der Waals surface area contributed by atoms with E-state index in [4.69, 9.17) is 5.26 Å². The third-order valence-corrected chi connectivity index (χ3v) is 3.67. The molecule has 0 radical (unpaired) electrons. The first-order valence-electron chi connectivity index (χ1n) is 6.35. The summed E-state index contributed by atoms with van der Waals surface area (Å²) in [7, 11) is 0. The van der Waals surface area contributed by atoms with Crippen molar-refractivity contribution in [3.05, 3.63) is 55.3 Å². The second kappa shape index (κ2) is 6.45. The average Bonchev–Trinajstić information content (AvgIpc) is 2.44. The monoisotopic (exact) mass is 360 g/mol. The molecule has 6 nitrogen and oxygen atoms in total. The van der Waals surface area contributed by atoms with Crippen LogP contribution in [0.3, 0.4) is 0 Å². The Kier molecular flexibility index (Phi) is 4.63. The second-order valence-corrected chi connectivity index (χ2v) is 5.57. The number of benzene rings is 1. The number of nitrogens with one attached hydrogen (secondary N) is 2. The van der Waals surface area contributed by atoms with Gasteiger partial charge in [-0.05, 0) is 43.2 Å². The third-order valence-electron chi connectivity index (χ3n) is 3.17. The van der Waals surface area contributed by atoms with E-state index in [0.717, 1.165) is 15.7 Å². The van der Waals surface area contributed by atoms with E-state index in [9.17, 15) is 9.90 Å². The molecule has 2 aromatic rings. The third kappa shape index (κ3) is 3.18. The summed E-state index contributed by atoms with van der Waals surface area (Å²) in [5, 5.41) is 22.8. The summed E-state index contributed by atoms with van der Waals surface area (Å²) in [5.41, 5.74) is 4.66. The number of pyridine rings is 1. The summed E-state index contributed by atoms with van der Waals surface area (Å²) in [6.45, 7) is 3.51. The molecule has 0 fully saturated rings. The standard InChI is InChI=1S/C15H13BrN4O2/c1-8-5-10(16)3-4-13(8)20-18-7-12-9(2)11(6-17)14(21)19-15(12)22/h3-5,7,20H,1-2H3,(H2,19,21,22). The molecule has 0 aliphatic carbocycles. The van der Waals surface area contributed by atoms with Crippen LogP contribution in [0, 0.1) is 25.2 Å². The molecule has 7 heteroatoms. The van der Waals surface area contributed by atoms with Gasteiger partial charge in [-0.15, -0.1) is 0 Å². The first-order chi connectivity index (χ1) is 10.4. The zero-order chi connectivity index (χ0) is 16.3. The molecule has 1 heterocycles. The lowest BCUT2D eigenvalue weighted by molar-refractivity contribution is 0.450. The summed E-state index contributed by atoms with van der Waals surface area (Å²) >= 11 is 3.38. The lowest BCUT2D eigenvalue weighted by Gasteiger charge is -2.07. The van der Waals surface area contributed by atoms with E-state index >= 15 is 0 Å². The first-order valence-corrected chi connectivity index (χ1v) is 7.14. The summed E-state index contributed by atoms with van der Waals surface area (Å²) < 4.78 is 0.965. The number of rotatable bonds is 3. The van der Waals surface area contributed by atoms with Crippen molar-refractivity contribution in [2.75, 3.05) is 5.43 Å². The molecule has 0 saturated carbocycles. The van der Waals surface area contributed by atoms with Gasteiger partial charge < -0.3 is 5.11 Å². The zero-order valence-corrected chi connectivity index (χ0v) is 13.5. The van der Waals surface area contributed by atoms with Crippen LogP contribution in [0.1, 0.15) is 22.3 Å². The number of hydrogen-bond donors (Lipinski definition) is 3. The minimum Gasteiger partial charge on any atom is -0.494 e. The number of aryl methyl sites for hydroxylation is 1. The van der Waals surface area contributed by atoms with Gasteiger partial charge in [-0.25, -0.2) is 0 Å². The molecule has 0 saturated heterocycles. The molecule has 0 bridgehead atoms. The Bertz CT molecular complexity index is 850. The van der Waals surface area contributed by atoms with Crippen LogP contribution in [-0.4, -0.2) is 16.3 Å². The Morgan fingerprint density at radius 1 is 1.45 bits per heavy atom. The van der Waals surface area contributed by atoms with Gasteiger partial charge in [0, 0.05) is 4.47 Å². The molecular weight excluding hydrogens is 348 g/mol. The molecular formula is C15H13BrN4O2. The summed E-state index contributed by atoms with van der Waals surface area (Å²) in [6, 6.07) is 7.49. The predicted octanol–water partition coefficient (Wildman–Crippen LogP) is 2.78. The van der Waals surface area contributed by atoms with Gasteiger partial charge in [-0.2, -0.15) is 10.4 Å². The number of hydrogen-bond acceptors (Lipinski definition) is 5. The largest absolute Gasteiger partial charge is 0.494 e. The fraction of sp³-hybridized carbons (Fsp3) is 0.133. The number of H-pyrrole nitrogens is 1. The lowest BCUT2D eigenvalue weighted by Crippen LogP contribution is -2.14. The van der Waals surface area contributed by atoms with Crippen molar-refractivity contribution in [3.8, 4) is 11.9 Å². The summed E-state index contributed by atoms with van der Waals surface area (Å²) in [6.07, 6.45) is 1.36. The Morgan fingerprint density at radius 3 is 2.82 bits per heavy atom. The van der Waals surface area contributed by atoms with Gasteiger partial charge in [0.05, 0.1) is 17.5 Å². The van der Waals surface area contributed by atoms with Crippen LogP contribution < -0.4 is 11.0 Å². The van der Waals surface area contributed by atoms with Crippen molar-refractivity contribution in [2.24, 2.45) is 5.10 Å². The summed E-state index contributed by atoms with van der Waals surface area (Å²) in [4.78, 5) is 13.7. The molecule has 1 aromatic heterocycles. The molecule has 1 aromatic carbocycles. The van der Waals surface area contributed by atoms with Crippen molar-refractivity contribution < 1.29 is 5.11 Å². The molecule has 0 amide bonds. The SMILES string of the molecule is Cc1cc(Br)ccc1NN=Cc1c(O)[nH]c(=O)c(C#N)c1C. The zero-order valence-electron chi connectivity index (χ0n) is 11.9. The second-order valence-electron chi connectivity index (χ2n) is 4.66. The highest BCUT2D eigenvalue weighted by Gasteiger charge is 2.12. The molecule has 3 N–H and O–H groups in total. The number of aromatic nitrogens is 1. The topological polar surface area (TPSA) is 101 Å². The maximum absolute atomic E-state index is 11.5. The molecule has 0 aliphatic heterocycles. The number of aromatic hydroxyl groups is 1. The van der Waals surface area contributed by atoms with E-state index in [1.165, 1.54) is 6.21 Å². The minimum atomic E-state index is -0.619. The quantitative estimate of drug-likeness (QED) is 0.578. The van der Waals surface area contributed by atoms with Gasteiger partial charge in [-0.3, -0.25) is 15.2 Å². The summed E-state index contributed by atoms with van der Waals surface area (Å²) in [5.74, 6) is -0.320. The van der Waals surface area contributed by atoms with Gasteiger partial charge in [0.1, 0.15) is 11.6 Å². The van der Waals surface area contributed by atoms with Crippen LogP contribution in [-0.2, 0) is 0 Å². The molecule has 0 atom stereocenters. The van der Waals surface area contributed by atoms with Crippen molar-refractivity contribution in [2.45, 2.75) is 13.8 Å². The van der Waals surface area contributed by atoms with E-state index < -0.39 is 5.56 Å². The maximum atomic E-state index is 11.5. The van der Waals surface area contributed by atoms with Crippen molar-refractivity contribution in [1.29, 1.82) is 5.26 Å². The Labute approximate surface area is 135 Å². The van der Waals surface area contributed by atoms with Crippen LogP contribution in [0.4, 0.5) is 5.69 Å². The normalized spacial score (nSPS) is 10.6. The van der Waals surface area contributed by atoms with Crippen molar-refractivity contribution >= 4 is 27.8 Å². The Balaban J connectivity index is 2.31. The lowest BCUT2D eigenvalue weighted by atomic mass is 10.1. The number of halogens is 1.